The van der Waals surface area contributed by atoms with Crippen molar-refractivity contribution >= 4 is 23.9 Å². The summed E-state index contributed by atoms with van der Waals surface area (Å²) in [6.45, 7) is 7.49. The molecule has 2 aliphatic rings. The van der Waals surface area contributed by atoms with E-state index in [0.29, 0.717) is 18.4 Å². The third-order valence-corrected chi connectivity index (χ3v) is 8.95. The predicted molar refractivity (Wildman–Crippen MR) is 172 cm³/mol. The lowest BCUT2D eigenvalue weighted by Crippen LogP contribution is -2.59. The summed E-state index contributed by atoms with van der Waals surface area (Å²) in [7, 11) is 1.21. The molecule has 3 N–H and O–H groups in total. The van der Waals surface area contributed by atoms with Crippen LogP contribution in [0, 0.1) is 11.3 Å². The molecule has 47 heavy (non-hydrogen) atoms. The molecule has 1 saturated carbocycles. The fourth-order valence-electron chi connectivity index (χ4n) is 6.02. The van der Waals surface area contributed by atoms with Crippen molar-refractivity contribution in [1.29, 1.82) is 0 Å². The van der Waals surface area contributed by atoms with E-state index in [0.717, 1.165) is 25.7 Å². The highest BCUT2D eigenvalue weighted by Gasteiger charge is 2.56. The van der Waals surface area contributed by atoms with Crippen molar-refractivity contribution in [2.75, 3.05) is 26.9 Å². The van der Waals surface area contributed by atoms with E-state index in [1.54, 1.807) is 13.8 Å². The van der Waals surface area contributed by atoms with E-state index in [4.69, 9.17) is 23.7 Å². The first kappa shape index (κ1) is 40.4. The van der Waals surface area contributed by atoms with Crippen molar-refractivity contribution in [1.82, 2.24) is 0 Å². The van der Waals surface area contributed by atoms with Gasteiger partial charge in [0.2, 0.25) is 0 Å². The molecule has 1 unspecified atom stereocenters. The first-order valence-electron chi connectivity index (χ1n) is 16.9. The van der Waals surface area contributed by atoms with Gasteiger partial charge >= 0.3 is 23.9 Å². The van der Waals surface area contributed by atoms with Gasteiger partial charge in [0.25, 0.3) is 0 Å². The van der Waals surface area contributed by atoms with E-state index in [1.807, 2.05) is 0 Å². The number of aliphatic hydroxyl groups excluding tert-OH is 2. The molecule has 6 atom stereocenters. The number of carbonyl (C=O) groups is 4. The molecule has 1 aliphatic carbocycles. The molecule has 0 amide bonds. The molecule has 2 bridgehead atoms. The van der Waals surface area contributed by atoms with Gasteiger partial charge in [0, 0.05) is 43.6 Å². The molecule has 0 aromatic heterocycles. The van der Waals surface area contributed by atoms with Crippen molar-refractivity contribution in [2.45, 2.75) is 135 Å². The Labute approximate surface area is 278 Å². The molecule has 2 rings (SSSR count). The molecule has 1 heterocycles. The summed E-state index contributed by atoms with van der Waals surface area (Å²) in [5, 5.41) is 33.5. The van der Waals surface area contributed by atoms with Gasteiger partial charge in [-0.1, -0.05) is 52.5 Å². The summed E-state index contributed by atoms with van der Waals surface area (Å²) in [5.74, 6) is -3.05. The Hall–Kier alpha value is -2.80. The normalized spacial score (nSPS) is 30.3. The number of esters is 4. The maximum atomic E-state index is 13.2. The van der Waals surface area contributed by atoms with Crippen LogP contribution in [-0.4, -0.2) is 96.1 Å². The van der Waals surface area contributed by atoms with Crippen LogP contribution < -0.4 is 0 Å². The van der Waals surface area contributed by atoms with Gasteiger partial charge in [-0.15, -0.1) is 0 Å². The van der Waals surface area contributed by atoms with Crippen LogP contribution in [0.4, 0.5) is 0 Å². The van der Waals surface area contributed by atoms with Gasteiger partial charge in [-0.05, 0) is 50.5 Å². The Bertz CT molecular complexity index is 1080. The van der Waals surface area contributed by atoms with Crippen molar-refractivity contribution in [2.24, 2.45) is 11.3 Å². The van der Waals surface area contributed by atoms with Crippen molar-refractivity contribution < 1.29 is 58.2 Å². The first-order chi connectivity index (χ1) is 22.2. The maximum absolute atomic E-state index is 13.2. The summed E-state index contributed by atoms with van der Waals surface area (Å²) >= 11 is 0. The number of carbonyl (C=O) groups excluding carboxylic acids is 4. The van der Waals surface area contributed by atoms with Gasteiger partial charge in [-0.3, -0.25) is 9.59 Å². The number of aliphatic hydroxyl groups is 3. The van der Waals surface area contributed by atoms with E-state index in [-0.39, 0.29) is 58.3 Å². The second kappa shape index (κ2) is 19.9. The van der Waals surface area contributed by atoms with Gasteiger partial charge in [-0.25, -0.2) is 9.59 Å². The fourth-order valence-corrected chi connectivity index (χ4v) is 6.02. The van der Waals surface area contributed by atoms with Crippen LogP contribution >= 0.6 is 0 Å². The molecule has 12 nitrogen and oxygen atoms in total. The smallest absolute Gasteiger partial charge is 0.330 e. The van der Waals surface area contributed by atoms with Crippen LogP contribution in [-0.2, 0) is 42.9 Å². The lowest BCUT2D eigenvalue weighted by Gasteiger charge is -2.51. The number of hydrogen-bond acceptors (Lipinski definition) is 12. The van der Waals surface area contributed by atoms with Crippen molar-refractivity contribution in [3.63, 3.8) is 0 Å². The Morgan fingerprint density at radius 2 is 1.83 bits per heavy atom. The summed E-state index contributed by atoms with van der Waals surface area (Å²) in [4.78, 5) is 51.1. The highest BCUT2D eigenvalue weighted by atomic mass is 16.6. The summed E-state index contributed by atoms with van der Waals surface area (Å²) in [5.41, 5.74) is -2.79. The third-order valence-electron chi connectivity index (χ3n) is 8.95. The molecule has 12 heteroatoms. The molecule has 0 saturated heterocycles. The number of hydrogen-bond donors (Lipinski definition) is 3. The molecular weight excluding hydrogens is 612 g/mol. The van der Waals surface area contributed by atoms with E-state index in [2.05, 4.69) is 6.92 Å². The largest absolute Gasteiger partial charge is 0.466 e. The Balaban J connectivity index is 2.53. The Morgan fingerprint density at radius 3 is 2.51 bits per heavy atom. The van der Waals surface area contributed by atoms with Crippen molar-refractivity contribution in [3.05, 3.63) is 23.8 Å². The molecular formula is C35H56O12. The third kappa shape index (κ3) is 13.3. The lowest BCUT2D eigenvalue weighted by atomic mass is 9.60. The van der Waals surface area contributed by atoms with E-state index < -0.39 is 65.2 Å². The van der Waals surface area contributed by atoms with E-state index in [9.17, 15) is 34.5 Å². The average molecular weight is 669 g/mol. The molecule has 268 valence electrons. The van der Waals surface area contributed by atoms with Crippen LogP contribution in [0.3, 0.4) is 0 Å². The van der Waals surface area contributed by atoms with Gasteiger partial charge < -0.3 is 39.0 Å². The average Bonchev–Trinajstić information content (AvgIpc) is 3.00. The lowest BCUT2D eigenvalue weighted by molar-refractivity contribution is -0.186. The molecule has 1 aliphatic heterocycles. The first-order valence-corrected chi connectivity index (χ1v) is 16.9. The van der Waals surface area contributed by atoms with Gasteiger partial charge in [0.1, 0.15) is 11.7 Å². The molecule has 0 spiro atoms. The van der Waals surface area contributed by atoms with Gasteiger partial charge in [-0.2, -0.15) is 0 Å². The Kier molecular flexibility index (Phi) is 17.1. The van der Waals surface area contributed by atoms with Gasteiger partial charge in [0.05, 0.1) is 32.3 Å². The minimum Gasteiger partial charge on any atom is -0.466 e. The minimum absolute atomic E-state index is 0.00703. The summed E-state index contributed by atoms with van der Waals surface area (Å²) in [6.07, 6.45) is 4.76. The van der Waals surface area contributed by atoms with Crippen LogP contribution in [0.1, 0.15) is 105 Å². The quantitative estimate of drug-likeness (QED) is 0.140. The number of ether oxygens (including phenoxy) is 5. The number of unbranched alkanes of at least 4 members (excludes halogenated alkanes) is 4. The Morgan fingerprint density at radius 1 is 1.11 bits per heavy atom. The number of rotatable bonds is 9. The second-order valence-electron chi connectivity index (χ2n) is 13.3. The van der Waals surface area contributed by atoms with Crippen LogP contribution in [0.2, 0.25) is 0 Å². The standard InChI is InChI=1S/C35H56O12/c1-6-7-8-9-10-12-30(39)47-33-26(21-31(40)43-5)19-25-20-28(24(2)36)46-32(41)22-27(37)14-18-44-16-11-17-45-29(38)13-15-34(3,4)35(33,42)23-25/h13,15,21,24-25,27-28,33,36-37,42H,6-12,14,16-20,22-23H2,1-5H3/b15-13+,26-21+/t24-,25?,27-,28-,33+,35+/m1/s1. The van der Waals surface area contributed by atoms with Gasteiger partial charge in [0.15, 0.2) is 6.10 Å². The molecule has 0 aromatic rings. The van der Waals surface area contributed by atoms with Crippen molar-refractivity contribution in [3.8, 4) is 0 Å². The highest BCUT2D eigenvalue weighted by Crippen LogP contribution is 2.50. The number of fused-ring (bicyclic) bond motifs is 2. The minimum atomic E-state index is -1.86. The summed E-state index contributed by atoms with van der Waals surface area (Å²) < 4.78 is 27.3. The monoisotopic (exact) mass is 668 g/mol. The van der Waals surface area contributed by atoms with Crippen LogP contribution in [0.15, 0.2) is 23.8 Å². The SMILES string of the molecule is CCCCCCCC(=O)O[C@H]1/C(=C/C(=O)OC)CC2C[C@H]([C@@H](C)O)OC(=O)C[C@H](O)CCOCCCOC(=O)/C=C/C(C)(C)[C@]1(O)C2. The van der Waals surface area contributed by atoms with Crippen LogP contribution in [0.5, 0.6) is 0 Å². The zero-order valence-corrected chi connectivity index (χ0v) is 28.7. The molecule has 0 radical (unpaired) electrons. The van der Waals surface area contributed by atoms with E-state index >= 15 is 0 Å². The predicted octanol–water partition coefficient (Wildman–Crippen LogP) is 3.87. The number of methoxy groups -OCH3 is 1. The van der Waals surface area contributed by atoms with E-state index in [1.165, 1.54) is 32.3 Å². The zero-order chi connectivity index (χ0) is 35.0. The zero-order valence-electron chi connectivity index (χ0n) is 28.7. The fraction of sp³-hybridized carbons (Fsp3) is 0.771. The topological polar surface area (TPSA) is 175 Å². The molecule has 0 aromatic carbocycles. The van der Waals surface area contributed by atoms with Crippen LogP contribution in [0.25, 0.3) is 0 Å². The molecule has 1 fully saturated rings. The summed E-state index contributed by atoms with van der Waals surface area (Å²) in [6, 6.07) is 0. The number of cyclic esters (lactones) is 2. The highest BCUT2D eigenvalue weighted by molar-refractivity contribution is 5.83. The maximum Gasteiger partial charge on any atom is 0.330 e. The second-order valence-corrected chi connectivity index (χ2v) is 13.3.